The highest BCUT2D eigenvalue weighted by Crippen LogP contribution is 2.22. The van der Waals surface area contributed by atoms with Crippen LogP contribution in [0, 0.1) is 6.92 Å². The Balaban J connectivity index is 0. The molecule has 0 spiro atoms. The van der Waals surface area contributed by atoms with Crippen molar-refractivity contribution < 1.29 is 4.52 Å². The lowest BCUT2D eigenvalue weighted by molar-refractivity contribution is 0.408. The van der Waals surface area contributed by atoms with Gasteiger partial charge in [0.25, 0.3) is 0 Å². The number of aryl methyl sites for hydroxylation is 1. The average Bonchev–Trinajstić information content (AvgIpc) is 2.66. The first-order valence-electron chi connectivity index (χ1n) is 5.91. The Labute approximate surface area is 100 Å². The van der Waals surface area contributed by atoms with Crippen LogP contribution in [0.3, 0.4) is 0 Å². The third kappa shape index (κ3) is 4.96. The van der Waals surface area contributed by atoms with Gasteiger partial charge < -0.3 is 4.52 Å². The summed E-state index contributed by atoms with van der Waals surface area (Å²) >= 11 is 0. The van der Waals surface area contributed by atoms with Gasteiger partial charge in [0.15, 0.2) is 5.76 Å². The van der Waals surface area contributed by atoms with E-state index in [9.17, 15) is 0 Å². The van der Waals surface area contributed by atoms with E-state index in [0.29, 0.717) is 0 Å². The molecule has 0 aliphatic rings. The highest BCUT2D eigenvalue weighted by atomic mass is 16.5. The van der Waals surface area contributed by atoms with Crippen LogP contribution in [0.5, 0.6) is 0 Å². The molecule has 0 aliphatic carbocycles. The van der Waals surface area contributed by atoms with Gasteiger partial charge >= 0.3 is 0 Å². The molecule has 0 N–H and O–H groups in total. The minimum Gasteiger partial charge on any atom is -0.356 e. The van der Waals surface area contributed by atoms with Crippen LogP contribution in [0.25, 0.3) is 11.6 Å². The highest BCUT2D eigenvalue weighted by Gasteiger charge is 2.09. The van der Waals surface area contributed by atoms with Crippen molar-refractivity contribution in [2.45, 2.75) is 48.5 Å². The van der Waals surface area contributed by atoms with E-state index in [1.165, 1.54) is 0 Å². The van der Waals surface area contributed by atoms with Gasteiger partial charge in [0.1, 0.15) is 0 Å². The van der Waals surface area contributed by atoms with Crippen LogP contribution < -0.4 is 0 Å². The molecule has 0 aliphatic heterocycles. The topological polar surface area (TPSA) is 26.0 Å². The highest BCUT2D eigenvalue weighted by molar-refractivity contribution is 5.70. The van der Waals surface area contributed by atoms with E-state index in [2.05, 4.69) is 11.7 Å². The van der Waals surface area contributed by atoms with Gasteiger partial charge in [0.05, 0.1) is 5.69 Å². The molecule has 0 saturated carbocycles. The summed E-state index contributed by atoms with van der Waals surface area (Å²) < 4.78 is 5.10. The van der Waals surface area contributed by atoms with Crippen molar-refractivity contribution in [1.82, 2.24) is 5.16 Å². The predicted molar refractivity (Wildman–Crippen MR) is 73.4 cm³/mol. The predicted octanol–water partition coefficient (Wildman–Crippen LogP) is 5.10. The molecule has 0 unspecified atom stereocenters. The van der Waals surface area contributed by atoms with Gasteiger partial charge in [-0.2, -0.15) is 0 Å². The molecule has 1 rings (SSSR count). The fraction of sp³-hybridized carbons (Fsp3) is 0.500. The standard InChI is InChI=1S/C10H13NO.2C2H6/c1-5-6-9-10(7(2)3)8(4)11-12-9;2*1-2/h5-6H,2H2,1,3-4H3;2*1-2H3/b6-5-;;. The van der Waals surface area contributed by atoms with Gasteiger partial charge in [-0.1, -0.05) is 45.5 Å². The maximum atomic E-state index is 5.10. The maximum absolute atomic E-state index is 5.10. The van der Waals surface area contributed by atoms with Gasteiger partial charge in [-0.05, 0) is 32.4 Å². The van der Waals surface area contributed by atoms with Crippen LogP contribution in [0.4, 0.5) is 0 Å². The molecule has 0 amide bonds. The SMILES string of the molecule is C=C(C)c1c(C)noc1/C=C\C.CC.CC. The minimum atomic E-state index is 0.794. The van der Waals surface area contributed by atoms with Gasteiger partial charge in [-0.3, -0.25) is 0 Å². The fourth-order valence-electron chi connectivity index (χ4n) is 1.17. The summed E-state index contributed by atoms with van der Waals surface area (Å²) in [5, 5.41) is 3.87. The summed E-state index contributed by atoms with van der Waals surface area (Å²) in [5.41, 5.74) is 2.91. The molecule has 0 saturated heterocycles. The Morgan fingerprint density at radius 3 is 2.12 bits per heavy atom. The van der Waals surface area contributed by atoms with Gasteiger partial charge in [0.2, 0.25) is 0 Å². The molecule has 2 heteroatoms. The molecule has 0 aromatic carbocycles. The Kier molecular flexibility index (Phi) is 10.9. The van der Waals surface area contributed by atoms with E-state index >= 15 is 0 Å². The van der Waals surface area contributed by atoms with E-state index in [4.69, 9.17) is 4.52 Å². The Bertz CT molecular complexity index is 321. The quantitative estimate of drug-likeness (QED) is 0.697. The van der Waals surface area contributed by atoms with Crippen LogP contribution in [0.2, 0.25) is 0 Å². The molecule has 1 aromatic heterocycles. The zero-order valence-electron chi connectivity index (χ0n) is 11.7. The van der Waals surface area contributed by atoms with Crippen LogP contribution >= 0.6 is 0 Å². The fourth-order valence-corrected chi connectivity index (χ4v) is 1.17. The van der Waals surface area contributed by atoms with Crippen molar-refractivity contribution >= 4 is 11.6 Å². The van der Waals surface area contributed by atoms with Crippen molar-refractivity contribution in [3.8, 4) is 0 Å². The van der Waals surface area contributed by atoms with E-state index in [1.54, 1.807) is 0 Å². The molecular weight excluding hydrogens is 198 g/mol. The molecule has 0 fully saturated rings. The second-order valence-electron chi connectivity index (χ2n) is 2.79. The normalized spacial score (nSPS) is 8.94. The zero-order chi connectivity index (χ0) is 13.1. The largest absolute Gasteiger partial charge is 0.356 e. The van der Waals surface area contributed by atoms with E-state index in [0.717, 1.165) is 22.6 Å². The first-order chi connectivity index (χ1) is 7.66. The molecule has 0 bridgehead atoms. The lowest BCUT2D eigenvalue weighted by Gasteiger charge is -1.95. The number of aromatic nitrogens is 1. The summed E-state index contributed by atoms with van der Waals surface area (Å²) in [6.45, 7) is 17.7. The number of hydrogen-bond donors (Lipinski definition) is 0. The van der Waals surface area contributed by atoms with Gasteiger partial charge in [0, 0.05) is 5.56 Å². The molecule has 92 valence electrons. The van der Waals surface area contributed by atoms with E-state index in [1.807, 2.05) is 60.6 Å². The van der Waals surface area contributed by atoms with Crippen molar-refractivity contribution in [2.75, 3.05) is 0 Å². The summed E-state index contributed by atoms with van der Waals surface area (Å²) in [7, 11) is 0. The molecule has 1 heterocycles. The Morgan fingerprint density at radius 1 is 1.25 bits per heavy atom. The number of nitrogens with zero attached hydrogens (tertiary/aromatic N) is 1. The van der Waals surface area contributed by atoms with E-state index in [-0.39, 0.29) is 0 Å². The maximum Gasteiger partial charge on any atom is 0.167 e. The summed E-state index contributed by atoms with van der Waals surface area (Å²) in [4.78, 5) is 0. The average molecular weight is 223 g/mol. The lowest BCUT2D eigenvalue weighted by Crippen LogP contribution is -1.81. The van der Waals surface area contributed by atoms with Gasteiger partial charge in [-0.25, -0.2) is 0 Å². The third-order valence-corrected chi connectivity index (χ3v) is 1.63. The van der Waals surface area contributed by atoms with E-state index < -0.39 is 0 Å². The number of allylic oxidation sites excluding steroid dienone is 2. The second kappa shape index (κ2) is 10.2. The monoisotopic (exact) mass is 223 g/mol. The van der Waals surface area contributed by atoms with Crippen molar-refractivity contribution in [2.24, 2.45) is 0 Å². The van der Waals surface area contributed by atoms with Gasteiger partial charge in [-0.15, -0.1) is 0 Å². The smallest absolute Gasteiger partial charge is 0.167 e. The van der Waals surface area contributed by atoms with Crippen LogP contribution in [0.15, 0.2) is 17.2 Å². The minimum absolute atomic E-state index is 0.794. The summed E-state index contributed by atoms with van der Waals surface area (Å²) in [6.07, 6.45) is 3.82. The van der Waals surface area contributed by atoms with Crippen LogP contribution in [-0.4, -0.2) is 5.16 Å². The molecule has 1 aromatic rings. The van der Waals surface area contributed by atoms with Crippen LogP contribution in [0.1, 0.15) is 58.6 Å². The van der Waals surface area contributed by atoms with Crippen molar-refractivity contribution in [1.29, 1.82) is 0 Å². The lowest BCUT2D eigenvalue weighted by atomic mass is 10.1. The molecule has 0 atom stereocenters. The third-order valence-electron chi connectivity index (χ3n) is 1.63. The molecule has 0 radical (unpaired) electrons. The first kappa shape index (κ1) is 17.1. The summed E-state index contributed by atoms with van der Waals surface area (Å²) in [6, 6.07) is 0. The first-order valence-corrected chi connectivity index (χ1v) is 5.91. The molecular formula is C14H25NO. The Morgan fingerprint density at radius 2 is 1.75 bits per heavy atom. The van der Waals surface area contributed by atoms with Crippen molar-refractivity contribution in [3.05, 3.63) is 29.7 Å². The second-order valence-corrected chi connectivity index (χ2v) is 2.79. The summed E-state index contributed by atoms with van der Waals surface area (Å²) in [5.74, 6) is 0.794. The number of hydrogen-bond acceptors (Lipinski definition) is 2. The number of rotatable bonds is 2. The molecule has 16 heavy (non-hydrogen) atoms. The Hall–Kier alpha value is -1.31. The zero-order valence-corrected chi connectivity index (χ0v) is 11.7. The van der Waals surface area contributed by atoms with Crippen molar-refractivity contribution in [3.63, 3.8) is 0 Å². The van der Waals surface area contributed by atoms with Crippen LogP contribution in [-0.2, 0) is 0 Å². The molecule has 2 nitrogen and oxygen atoms in total.